The van der Waals surface area contributed by atoms with E-state index in [0.29, 0.717) is 24.1 Å². The van der Waals surface area contributed by atoms with Crippen molar-refractivity contribution in [1.29, 1.82) is 0 Å². The highest BCUT2D eigenvalue weighted by Crippen LogP contribution is 2.25. The molecule has 1 aromatic carbocycles. The van der Waals surface area contributed by atoms with Gasteiger partial charge in [0.2, 0.25) is 5.91 Å². The summed E-state index contributed by atoms with van der Waals surface area (Å²) in [6.07, 6.45) is 6.48. The third kappa shape index (κ3) is 5.93. The van der Waals surface area contributed by atoms with Gasteiger partial charge in [-0.3, -0.25) is 4.79 Å². The number of ether oxygens (including phenoxy) is 1. The van der Waals surface area contributed by atoms with Crippen molar-refractivity contribution in [2.24, 2.45) is 0 Å². The number of benzene rings is 1. The minimum Gasteiger partial charge on any atom is -0.487 e. The molecule has 0 unspecified atom stereocenters. The van der Waals surface area contributed by atoms with E-state index in [0.717, 1.165) is 22.0 Å². The normalized spacial score (nSPS) is 11.6. The number of aromatic nitrogens is 5. The molecule has 0 aliphatic carbocycles. The van der Waals surface area contributed by atoms with Crippen molar-refractivity contribution in [3.8, 4) is 11.7 Å². The van der Waals surface area contributed by atoms with Crippen molar-refractivity contribution in [3.05, 3.63) is 82.2 Å². The van der Waals surface area contributed by atoms with Crippen LogP contribution in [0.25, 0.3) is 12.0 Å². The van der Waals surface area contributed by atoms with Crippen molar-refractivity contribution in [3.63, 3.8) is 0 Å². The zero-order chi connectivity index (χ0) is 24.1. The van der Waals surface area contributed by atoms with Crippen LogP contribution in [0.5, 0.6) is 5.75 Å². The molecule has 34 heavy (non-hydrogen) atoms. The number of rotatable bonds is 7. The van der Waals surface area contributed by atoms with Gasteiger partial charge in [-0.2, -0.15) is 9.78 Å². The molecule has 0 aliphatic heterocycles. The number of hydrogen-bond acceptors (Lipinski definition) is 7. The van der Waals surface area contributed by atoms with Gasteiger partial charge in [0.25, 0.3) is 5.95 Å². The Morgan fingerprint density at radius 2 is 1.97 bits per heavy atom. The van der Waals surface area contributed by atoms with Gasteiger partial charge >= 0.3 is 0 Å². The highest BCUT2D eigenvalue weighted by Gasteiger charge is 2.22. The van der Waals surface area contributed by atoms with Crippen LogP contribution in [-0.2, 0) is 16.8 Å². The van der Waals surface area contributed by atoms with Gasteiger partial charge in [0.15, 0.2) is 0 Å². The van der Waals surface area contributed by atoms with Crippen LogP contribution in [0.4, 0.5) is 5.82 Å². The van der Waals surface area contributed by atoms with Crippen LogP contribution in [0.2, 0.25) is 0 Å². The van der Waals surface area contributed by atoms with E-state index in [1.807, 2.05) is 42.6 Å². The first-order valence-electron chi connectivity index (χ1n) is 10.8. The maximum atomic E-state index is 12.7. The average Bonchev–Trinajstić information content (AvgIpc) is 3.43. The van der Waals surface area contributed by atoms with Crippen molar-refractivity contribution in [2.75, 3.05) is 5.32 Å². The first-order valence-corrected chi connectivity index (χ1v) is 11.7. The second-order valence-electron chi connectivity index (χ2n) is 8.67. The largest absolute Gasteiger partial charge is 0.487 e. The van der Waals surface area contributed by atoms with Gasteiger partial charge in [0.05, 0.1) is 16.4 Å². The number of amides is 1. The summed E-state index contributed by atoms with van der Waals surface area (Å²) in [6.45, 7) is 8.54. The fourth-order valence-electron chi connectivity index (χ4n) is 3.07. The summed E-state index contributed by atoms with van der Waals surface area (Å²) in [5.74, 6) is 1.31. The van der Waals surface area contributed by atoms with E-state index >= 15 is 0 Å². The van der Waals surface area contributed by atoms with Gasteiger partial charge in [0, 0.05) is 35.3 Å². The minimum atomic E-state index is -0.290. The van der Waals surface area contributed by atoms with Gasteiger partial charge < -0.3 is 10.1 Å². The molecule has 0 spiro atoms. The van der Waals surface area contributed by atoms with Gasteiger partial charge in [0.1, 0.15) is 18.2 Å². The maximum Gasteiger partial charge on any atom is 0.252 e. The second-order valence-corrected chi connectivity index (χ2v) is 9.73. The summed E-state index contributed by atoms with van der Waals surface area (Å²) >= 11 is 1.60. The molecule has 3 heterocycles. The standard InChI is InChI=1S/C25H26N6O2S/c1-17-28-19(16-34-17)15-33-20-8-5-7-18(13-20)9-10-23(32)29-22-14-21(25(2,3)4)30-31(22)24-26-11-6-12-27-24/h5-14,16H,15H2,1-4H3,(H,29,32)/b10-9+. The topological polar surface area (TPSA) is 94.8 Å². The molecule has 4 aromatic rings. The van der Waals surface area contributed by atoms with Crippen molar-refractivity contribution >= 4 is 29.1 Å². The fraction of sp³-hybridized carbons (Fsp3) is 0.240. The molecule has 0 aliphatic rings. The molecule has 0 saturated carbocycles. The molecule has 4 rings (SSSR count). The predicted octanol–water partition coefficient (Wildman–Crippen LogP) is 4.96. The van der Waals surface area contributed by atoms with E-state index in [1.165, 1.54) is 6.08 Å². The maximum absolute atomic E-state index is 12.7. The van der Waals surface area contributed by atoms with Crippen LogP contribution in [0, 0.1) is 6.92 Å². The molecule has 9 heteroatoms. The van der Waals surface area contributed by atoms with Gasteiger partial charge in [-0.1, -0.05) is 32.9 Å². The third-order valence-electron chi connectivity index (χ3n) is 4.81. The van der Waals surface area contributed by atoms with Crippen molar-refractivity contribution in [1.82, 2.24) is 24.7 Å². The lowest BCUT2D eigenvalue weighted by Gasteiger charge is -2.13. The molecular formula is C25H26N6O2S. The molecule has 3 aromatic heterocycles. The van der Waals surface area contributed by atoms with Crippen LogP contribution in [-0.4, -0.2) is 30.6 Å². The molecule has 0 atom stereocenters. The quantitative estimate of drug-likeness (QED) is 0.381. The molecule has 174 valence electrons. The summed E-state index contributed by atoms with van der Waals surface area (Å²) in [5, 5.41) is 10.5. The summed E-state index contributed by atoms with van der Waals surface area (Å²) in [7, 11) is 0. The number of thiazole rings is 1. The summed E-state index contributed by atoms with van der Waals surface area (Å²) < 4.78 is 7.37. The lowest BCUT2D eigenvalue weighted by molar-refractivity contribution is -0.111. The summed E-state index contributed by atoms with van der Waals surface area (Å²) in [5.41, 5.74) is 2.36. The zero-order valence-corrected chi connectivity index (χ0v) is 20.3. The van der Waals surface area contributed by atoms with Crippen LogP contribution < -0.4 is 10.1 Å². The number of carbonyl (C=O) groups is 1. The molecular weight excluding hydrogens is 448 g/mol. The number of anilines is 1. The Morgan fingerprint density at radius 3 is 2.68 bits per heavy atom. The molecule has 0 fully saturated rings. The van der Waals surface area contributed by atoms with Crippen LogP contribution >= 0.6 is 11.3 Å². The number of hydrogen-bond donors (Lipinski definition) is 1. The average molecular weight is 475 g/mol. The SMILES string of the molecule is Cc1nc(COc2cccc(/C=C/C(=O)Nc3cc(C(C)(C)C)nn3-c3ncccn3)c2)cs1. The molecule has 0 bridgehead atoms. The van der Waals surface area contributed by atoms with Gasteiger partial charge in [-0.15, -0.1) is 11.3 Å². The third-order valence-corrected chi connectivity index (χ3v) is 5.63. The molecule has 8 nitrogen and oxygen atoms in total. The van der Waals surface area contributed by atoms with E-state index in [4.69, 9.17) is 4.74 Å². The van der Waals surface area contributed by atoms with E-state index in [-0.39, 0.29) is 11.3 Å². The number of nitrogens with one attached hydrogen (secondary N) is 1. The van der Waals surface area contributed by atoms with Crippen LogP contribution in [0.1, 0.15) is 42.7 Å². The minimum absolute atomic E-state index is 0.201. The van der Waals surface area contributed by atoms with E-state index < -0.39 is 0 Å². The van der Waals surface area contributed by atoms with E-state index in [1.54, 1.807) is 40.6 Å². The Bertz CT molecular complexity index is 1300. The number of aryl methyl sites for hydroxylation is 1. The molecule has 0 radical (unpaired) electrons. The van der Waals surface area contributed by atoms with Crippen LogP contribution in [0.3, 0.4) is 0 Å². The zero-order valence-electron chi connectivity index (χ0n) is 19.5. The lowest BCUT2D eigenvalue weighted by Crippen LogP contribution is -2.14. The predicted molar refractivity (Wildman–Crippen MR) is 133 cm³/mol. The molecule has 1 amide bonds. The first kappa shape index (κ1) is 23.3. The Kier molecular flexibility index (Phi) is 6.83. The smallest absolute Gasteiger partial charge is 0.252 e. The molecule has 1 N–H and O–H groups in total. The second kappa shape index (κ2) is 9.96. The Morgan fingerprint density at radius 1 is 1.18 bits per heavy atom. The fourth-order valence-corrected chi connectivity index (χ4v) is 3.67. The van der Waals surface area contributed by atoms with Crippen molar-refractivity contribution < 1.29 is 9.53 Å². The highest BCUT2D eigenvalue weighted by molar-refractivity contribution is 7.09. The number of nitrogens with zero attached hydrogens (tertiary/aromatic N) is 5. The monoisotopic (exact) mass is 474 g/mol. The molecule has 0 saturated heterocycles. The summed E-state index contributed by atoms with van der Waals surface area (Å²) in [4.78, 5) is 25.6. The number of carbonyl (C=O) groups excluding carboxylic acids is 1. The van der Waals surface area contributed by atoms with Gasteiger partial charge in [-0.05, 0) is 36.8 Å². The van der Waals surface area contributed by atoms with Crippen molar-refractivity contribution in [2.45, 2.75) is 39.7 Å². The van der Waals surface area contributed by atoms with E-state index in [9.17, 15) is 4.79 Å². The first-order chi connectivity index (χ1) is 16.3. The highest BCUT2D eigenvalue weighted by atomic mass is 32.1. The van der Waals surface area contributed by atoms with Crippen LogP contribution in [0.15, 0.2) is 60.2 Å². The lowest BCUT2D eigenvalue weighted by atomic mass is 9.92. The van der Waals surface area contributed by atoms with Gasteiger partial charge in [-0.25, -0.2) is 15.0 Å². The Hall–Kier alpha value is -3.85. The summed E-state index contributed by atoms with van der Waals surface area (Å²) in [6, 6.07) is 11.1. The Balaban J connectivity index is 1.46. The Labute approximate surface area is 202 Å². The van der Waals surface area contributed by atoms with E-state index in [2.05, 4.69) is 46.1 Å².